The molecule has 0 heterocycles. The molecule has 0 saturated carbocycles. The molecule has 2 N–H and O–H groups in total. The van der Waals surface area contributed by atoms with Crippen molar-refractivity contribution in [2.24, 2.45) is 0 Å². The van der Waals surface area contributed by atoms with Crippen LogP contribution in [-0.2, 0) is 20.0 Å². The molecular weight excluding hydrogens is 192 g/mol. The lowest BCUT2D eigenvalue weighted by Gasteiger charge is -1.98. The first-order valence-corrected chi connectivity index (χ1v) is 6.17. The van der Waals surface area contributed by atoms with E-state index < -0.39 is 25.8 Å². The van der Waals surface area contributed by atoms with E-state index in [0.717, 1.165) is 6.26 Å². The van der Waals surface area contributed by atoms with E-state index in [4.69, 9.17) is 5.14 Å². The summed E-state index contributed by atoms with van der Waals surface area (Å²) in [6.45, 7) is -0.245. The Balaban J connectivity index is 3.79. The predicted molar refractivity (Wildman–Crippen MR) is 39.7 cm³/mol. The van der Waals surface area contributed by atoms with E-state index in [0.29, 0.717) is 0 Å². The molecule has 0 atom stereocenters. The Morgan fingerprint density at radius 2 is 1.73 bits per heavy atom. The number of hydrogen-bond donors (Lipinski definition) is 1. The Hall–Kier alpha value is -0.180. The molecule has 8 heteroatoms. The largest absolute Gasteiger partial charge is 0.226 e. The van der Waals surface area contributed by atoms with Gasteiger partial charge in [-0.1, -0.05) is 0 Å². The van der Waals surface area contributed by atoms with Crippen molar-refractivity contribution in [2.75, 3.05) is 18.6 Å². The van der Waals surface area contributed by atoms with Crippen LogP contribution in [0.5, 0.6) is 0 Å². The first-order chi connectivity index (χ1) is 4.71. The summed E-state index contributed by atoms with van der Waals surface area (Å²) in [7, 11) is -7.17. The molecule has 0 amide bonds. The molecular formula is C3H9N2O4S2. The molecule has 0 aliphatic carbocycles. The van der Waals surface area contributed by atoms with Crippen molar-refractivity contribution in [2.45, 2.75) is 0 Å². The maximum atomic E-state index is 10.3. The van der Waals surface area contributed by atoms with Crippen molar-refractivity contribution in [3.63, 3.8) is 0 Å². The van der Waals surface area contributed by atoms with Gasteiger partial charge in [0, 0.05) is 6.54 Å². The lowest BCUT2D eigenvalue weighted by molar-refractivity contribution is 0.586. The fourth-order valence-corrected chi connectivity index (χ4v) is 1.33. The van der Waals surface area contributed by atoms with E-state index in [1.54, 1.807) is 0 Å². The summed E-state index contributed by atoms with van der Waals surface area (Å²) in [4.78, 5) is 0. The van der Waals surface area contributed by atoms with Gasteiger partial charge in [-0.25, -0.2) is 21.6 Å². The topological polar surface area (TPSA) is 104 Å². The summed E-state index contributed by atoms with van der Waals surface area (Å²) in [5, 5.41) is 6.38. The van der Waals surface area contributed by atoms with Gasteiger partial charge in [0.15, 0.2) is 0 Å². The van der Waals surface area contributed by atoms with Crippen molar-refractivity contribution in [1.29, 1.82) is 0 Å². The third-order valence-corrected chi connectivity index (χ3v) is 2.21. The van der Waals surface area contributed by atoms with E-state index in [-0.39, 0.29) is 6.54 Å². The van der Waals surface area contributed by atoms with Gasteiger partial charge in [0.1, 0.15) is 0 Å². The average Bonchev–Trinajstić information content (AvgIpc) is 1.55. The van der Waals surface area contributed by atoms with Gasteiger partial charge in [-0.3, -0.25) is 0 Å². The van der Waals surface area contributed by atoms with Crippen molar-refractivity contribution in [3.8, 4) is 0 Å². The summed E-state index contributed by atoms with van der Waals surface area (Å²) in [6.07, 6.45) is 0.920. The van der Waals surface area contributed by atoms with E-state index in [9.17, 15) is 16.8 Å². The molecule has 1 radical (unpaired) electrons. The maximum Gasteiger partial charge on any atom is 0.226 e. The average molecular weight is 201 g/mol. The lowest BCUT2D eigenvalue weighted by Crippen LogP contribution is -2.28. The maximum absolute atomic E-state index is 10.3. The zero-order valence-electron chi connectivity index (χ0n) is 5.86. The predicted octanol–water partition coefficient (Wildman–Crippen LogP) is -1.85. The molecule has 0 aromatic rings. The second kappa shape index (κ2) is 3.48. The number of rotatable bonds is 4. The highest BCUT2D eigenvalue weighted by atomic mass is 32.2. The molecule has 6 nitrogen and oxygen atoms in total. The summed E-state index contributed by atoms with van der Waals surface area (Å²) in [5.74, 6) is -0.500. The quantitative estimate of drug-likeness (QED) is 0.576. The van der Waals surface area contributed by atoms with Crippen LogP contribution in [0.2, 0.25) is 0 Å². The van der Waals surface area contributed by atoms with Crippen LogP contribution >= 0.6 is 0 Å². The van der Waals surface area contributed by atoms with Gasteiger partial charge >= 0.3 is 0 Å². The summed E-state index contributed by atoms with van der Waals surface area (Å²) < 4.78 is 42.9. The molecule has 0 aromatic carbocycles. The third-order valence-electron chi connectivity index (χ3n) is 0.735. The van der Waals surface area contributed by atoms with Gasteiger partial charge in [-0.05, 0) is 0 Å². The fraction of sp³-hybridized carbons (Fsp3) is 1.00. The molecule has 0 aliphatic heterocycles. The van der Waals surface area contributed by atoms with Crippen LogP contribution in [0.4, 0.5) is 0 Å². The summed E-state index contributed by atoms with van der Waals surface area (Å²) in [6, 6.07) is 0. The minimum atomic E-state index is -3.82. The number of nitrogens with one attached hydrogen (secondary N) is 2. The van der Waals surface area contributed by atoms with Crippen LogP contribution in [0.15, 0.2) is 0 Å². The van der Waals surface area contributed by atoms with Crippen molar-refractivity contribution in [1.82, 2.24) is 9.86 Å². The second-order valence-electron chi connectivity index (χ2n) is 1.99. The van der Waals surface area contributed by atoms with Crippen LogP contribution < -0.4 is 9.86 Å². The smallest absolute Gasteiger partial charge is 0.214 e. The van der Waals surface area contributed by atoms with Gasteiger partial charge < -0.3 is 0 Å². The SMILES string of the molecule is CS(=O)(=O)NCCS([NH])(=O)=O. The lowest BCUT2D eigenvalue weighted by atomic mass is 10.8. The number of sulfonamides is 2. The molecule has 0 aliphatic rings. The number of hydrogen-bond acceptors (Lipinski definition) is 4. The molecule has 0 aromatic heterocycles. The first-order valence-electron chi connectivity index (χ1n) is 2.63. The van der Waals surface area contributed by atoms with E-state index in [1.165, 1.54) is 0 Å². The molecule has 0 bridgehead atoms. The zero-order valence-corrected chi connectivity index (χ0v) is 7.50. The van der Waals surface area contributed by atoms with Gasteiger partial charge in [0.05, 0.1) is 12.0 Å². The van der Waals surface area contributed by atoms with Gasteiger partial charge in [-0.15, -0.1) is 5.14 Å². The van der Waals surface area contributed by atoms with E-state index in [1.807, 2.05) is 4.72 Å². The van der Waals surface area contributed by atoms with Crippen LogP contribution in [0.25, 0.3) is 0 Å². The van der Waals surface area contributed by atoms with Crippen LogP contribution in [0, 0.1) is 0 Å². The molecule has 0 rings (SSSR count). The monoisotopic (exact) mass is 201 g/mol. The van der Waals surface area contributed by atoms with Crippen LogP contribution in [-0.4, -0.2) is 35.4 Å². The fourth-order valence-electron chi connectivity index (χ4n) is 0.361. The van der Waals surface area contributed by atoms with Gasteiger partial charge in [0.25, 0.3) is 0 Å². The Morgan fingerprint density at radius 3 is 2.00 bits per heavy atom. The third kappa shape index (κ3) is 9.82. The molecule has 0 fully saturated rings. The van der Waals surface area contributed by atoms with Gasteiger partial charge in [0.2, 0.25) is 20.0 Å². The second-order valence-corrected chi connectivity index (χ2v) is 5.46. The normalized spacial score (nSPS) is 13.3. The van der Waals surface area contributed by atoms with Crippen LogP contribution in [0.1, 0.15) is 0 Å². The highest BCUT2D eigenvalue weighted by Gasteiger charge is 2.05. The standard InChI is InChI=1S/C3H9N2O4S2/c1-10(6,7)5-2-3-11(4,8)9/h4-5H,2-3H2,1H3. The molecule has 67 valence electrons. The van der Waals surface area contributed by atoms with E-state index in [2.05, 4.69) is 0 Å². The highest BCUT2D eigenvalue weighted by Crippen LogP contribution is 1.79. The van der Waals surface area contributed by atoms with Gasteiger partial charge in [-0.2, -0.15) is 0 Å². The molecule has 0 unspecified atom stereocenters. The minimum absolute atomic E-state index is 0.245. The van der Waals surface area contributed by atoms with E-state index >= 15 is 0 Å². The summed E-state index contributed by atoms with van der Waals surface area (Å²) in [5.41, 5.74) is 0. The molecule has 0 saturated heterocycles. The Morgan fingerprint density at radius 1 is 1.27 bits per heavy atom. The Labute approximate surface area is 65.9 Å². The molecule has 11 heavy (non-hydrogen) atoms. The van der Waals surface area contributed by atoms with Crippen molar-refractivity contribution < 1.29 is 16.8 Å². The van der Waals surface area contributed by atoms with Crippen LogP contribution in [0.3, 0.4) is 0 Å². The minimum Gasteiger partial charge on any atom is -0.214 e. The zero-order chi connectivity index (χ0) is 9.12. The Bertz CT molecular complexity index is 270. The first kappa shape index (κ1) is 10.8. The summed E-state index contributed by atoms with van der Waals surface area (Å²) >= 11 is 0. The molecule has 0 spiro atoms. The van der Waals surface area contributed by atoms with Crippen molar-refractivity contribution >= 4 is 20.0 Å². The van der Waals surface area contributed by atoms with Crippen molar-refractivity contribution in [3.05, 3.63) is 0 Å². The Kier molecular flexibility index (Phi) is 3.42. The highest BCUT2D eigenvalue weighted by molar-refractivity contribution is 7.89.